The van der Waals surface area contributed by atoms with Gasteiger partial charge >= 0.3 is 11.9 Å². The van der Waals surface area contributed by atoms with E-state index in [4.69, 9.17) is 16.2 Å². The summed E-state index contributed by atoms with van der Waals surface area (Å²) >= 11 is 2.15. The monoisotopic (exact) mass is 536 g/mol. The Bertz CT molecular complexity index is 1120. The third-order valence-electron chi connectivity index (χ3n) is 4.55. The standard InChI is InChI=1S/C13H15N3O2.C9H10INO2/c1-8-4-12(14)11(13(17)18-3)5-10(8)9-6-15-16(2)7-9;1-5-3-8(11)6(4-7(5)10)9(12)13-2/h4-7H,14H2,1-3H3;3-4H,11H2,1-2H3. The highest BCUT2D eigenvalue weighted by Crippen LogP contribution is 2.28. The molecule has 0 spiro atoms. The highest BCUT2D eigenvalue weighted by Gasteiger charge is 2.14. The van der Waals surface area contributed by atoms with Crippen LogP contribution in [0.5, 0.6) is 0 Å². The first-order valence-corrected chi connectivity index (χ1v) is 10.3. The minimum absolute atomic E-state index is 0.377. The minimum atomic E-state index is -0.433. The molecule has 0 saturated heterocycles. The zero-order valence-electron chi connectivity index (χ0n) is 18.0. The Morgan fingerprint density at radius 1 is 0.935 bits per heavy atom. The van der Waals surface area contributed by atoms with Crippen LogP contribution in [-0.2, 0) is 16.5 Å². The van der Waals surface area contributed by atoms with E-state index >= 15 is 0 Å². The molecule has 0 fully saturated rings. The van der Waals surface area contributed by atoms with Crippen LogP contribution in [0.3, 0.4) is 0 Å². The molecule has 4 N–H and O–H groups in total. The van der Waals surface area contributed by atoms with Gasteiger partial charge in [-0.25, -0.2) is 9.59 Å². The van der Waals surface area contributed by atoms with E-state index in [-0.39, 0.29) is 0 Å². The van der Waals surface area contributed by atoms with Crippen molar-refractivity contribution in [3.05, 3.63) is 62.5 Å². The number of hydrogen-bond donors (Lipinski definition) is 2. The van der Waals surface area contributed by atoms with Crippen LogP contribution in [-0.4, -0.2) is 35.9 Å². The fourth-order valence-electron chi connectivity index (χ4n) is 2.88. The van der Waals surface area contributed by atoms with Gasteiger partial charge in [-0.1, -0.05) is 0 Å². The first kappa shape index (κ1) is 24.2. The number of methoxy groups -OCH3 is 2. The highest BCUT2D eigenvalue weighted by atomic mass is 127. The van der Waals surface area contributed by atoms with E-state index in [1.807, 2.05) is 27.1 Å². The molecule has 164 valence electrons. The van der Waals surface area contributed by atoms with Crippen LogP contribution in [0.1, 0.15) is 31.8 Å². The fourth-order valence-corrected chi connectivity index (χ4v) is 3.35. The summed E-state index contributed by atoms with van der Waals surface area (Å²) in [5.74, 6) is -0.826. The summed E-state index contributed by atoms with van der Waals surface area (Å²) in [6, 6.07) is 7.02. The van der Waals surface area contributed by atoms with Gasteiger partial charge in [-0.2, -0.15) is 5.10 Å². The minimum Gasteiger partial charge on any atom is -0.465 e. The molecule has 9 heteroatoms. The number of carbonyl (C=O) groups is 2. The van der Waals surface area contributed by atoms with Gasteiger partial charge in [-0.15, -0.1) is 0 Å². The van der Waals surface area contributed by atoms with Crippen molar-refractivity contribution in [2.24, 2.45) is 7.05 Å². The van der Waals surface area contributed by atoms with E-state index in [2.05, 4.69) is 32.4 Å². The number of aromatic nitrogens is 2. The molecular weight excluding hydrogens is 511 g/mol. The number of aryl methyl sites for hydroxylation is 3. The number of halogens is 1. The van der Waals surface area contributed by atoms with E-state index in [1.54, 1.807) is 35.1 Å². The maximum absolute atomic E-state index is 11.6. The lowest BCUT2D eigenvalue weighted by molar-refractivity contribution is 0.0593. The van der Waals surface area contributed by atoms with Gasteiger partial charge in [-0.05, 0) is 77.4 Å². The molecule has 0 aliphatic carbocycles. The Morgan fingerprint density at radius 3 is 1.94 bits per heavy atom. The van der Waals surface area contributed by atoms with Crippen LogP contribution in [0.4, 0.5) is 11.4 Å². The van der Waals surface area contributed by atoms with E-state index < -0.39 is 11.9 Å². The van der Waals surface area contributed by atoms with Crippen LogP contribution in [0.15, 0.2) is 36.7 Å². The maximum Gasteiger partial charge on any atom is 0.339 e. The summed E-state index contributed by atoms with van der Waals surface area (Å²) in [6.45, 7) is 3.89. The van der Waals surface area contributed by atoms with E-state index in [0.717, 1.165) is 25.8 Å². The Balaban J connectivity index is 0.000000233. The van der Waals surface area contributed by atoms with E-state index in [1.165, 1.54) is 14.2 Å². The first-order valence-electron chi connectivity index (χ1n) is 9.20. The van der Waals surface area contributed by atoms with Crippen molar-refractivity contribution in [1.29, 1.82) is 0 Å². The largest absolute Gasteiger partial charge is 0.465 e. The Morgan fingerprint density at radius 2 is 1.45 bits per heavy atom. The van der Waals surface area contributed by atoms with Gasteiger partial charge < -0.3 is 20.9 Å². The lowest BCUT2D eigenvalue weighted by atomic mass is 9.99. The first-order chi connectivity index (χ1) is 14.6. The van der Waals surface area contributed by atoms with Crippen LogP contribution in [0, 0.1) is 17.4 Å². The second-order valence-electron chi connectivity index (χ2n) is 6.83. The quantitative estimate of drug-likeness (QED) is 0.297. The molecule has 3 aromatic rings. The third kappa shape index (κ3) is 5.75. The molecule has 2 aromatic carbocycles. The van der Waals surface area contributed by atoms with Crippen molar-refractivity contribution in [3.63, 3.8) is 0 Å². The number of nitrogen functional groups attached to an aromatic ring is 2. The highest BCUT2D eigenvalue weighted by molar-refractivity contribution is 14.1. The number of rotatable bonds is 3. The molecule has 1 heterocycles. The number of carbonyl (C=O) groups excluding carboxylic acids is 2. The van der Waals surface area contributed by atoms with Crippen LogP contribution in [0.25, 0.3) is 11.1 Å². The van der Waals surface area contributed by atoms with E-state index in [0.29, 0.717) is 22.5 Å². The molecular formula is C22H25IN4O4. The molecule has 0 saturated carbocycles. The van der Waals surface area contributed by atoms with Crippen molar-refractivity contribution in [2.75, 3.05) is 25.7 Å². The zero-order valence-corrected chi connectivity index (χ0v) is 20.2. The summed E-state index contributed by atoms with van der Waals surface area (Å²) in [6.07, 6.45) is 3.64. The smallest absolute Gasteiger partial charge is 0.339 e. The van der Waals surface area contributed by atoms with Gasteiger partial charge in [0.25, 0.3) is 0 Å². The van der Waals surface area contributed by atoms with Crippen LogP contribution in [0.2, 0.25) is 0 Å². The summed E-state index contributed by atoms with van der Waals surface area (Å²) in [5, 5.41) is 4.12. The predicted molar refractivity (Wildman–Crippen MR) is 129 cm³/mol. The molecule has 1 aromatic heterocycles. The summed E-state index contributed by atoms with van der Waals surface area (Å²) < 4.78 is 12.0. The molecule has 0 amide bonds. The van der Waals surface area contributed by atoms with Crippen molar-refractivity contribution in [2.45, 2.75) is 13.8 Å². The fraction of sp³-hybridized carbons (Fsp3) is 0.227. The molecule has 0 unspecified atom stereocenters. The molecule has 0 aliphatic heterocycles. The normalized spacial score (nSPS) is 10.1. The number of esters is 2. The van der Waals surface area contributed by atoms with Gasteiger partial charge in [0.1, 0.15) is 0 Å². The SMILES string of the molecule is COC(=O)c1cc(-c2cnn(C)c2)c(C)cc1N.COC(=O)c1cc(I)c(C)cc1N. The number of benzene rings is 2. The second kappa shape index (κ2) is 10.3. The predicted octanol–water partition coefficient (Wildman–Crippen LogP) is 3.73. The number of hydrogen-bond acceptors (Lipinski definition) is 7. The van der Waals surface area contributed by atoms with E-state index in [9.17, 15) is 9.59 Å². The van der Waals surface area contributed by atoms with Crippen molar-refractivity contribution >= 4 is 45.9 Å². The lowest BCUT2D eigenvalue weighted by Crippen LogP contribution is -2.06. The molecule has 3 rings (SSSR count). The van der Waals surface area contributed by atoms with Gasteiger partial charge in [-0.3, -0.25) is 4.68 Å². The lowest BCUT2D eigenvalue weighted by Gasteiger charge is -2.09. The topological polar surface area (TPSA) is 122 Å². The van der Waals surface area contributed by atoms with Crippen molar-refractivity contribution < 1.29 is 19.1 Å². The maximum atomic E-state index is 11.6. The van der Waals surface area contributed by atoms with Crippen molar-refractivity contribution in [1.82, 2.24) is 9.78 Å². The summed E-state index contributed by atoms with van der Waals surface area (Å²) in [4.78, 5) is 22.8. The van der Waals surface area contributed by atoms with Gasteiger partial charge in [0.2, 0.25) is 0 Å². The third-order valence-corrected chi connectivity index (χ3v) is 5.72. The van der Waals surface area contributed by atoms with Crippen molar-refractivity contribution in [3.8, 4) is 11.1 Å². The number of ether oxygens (including phenoxy) is 2. The van der Waals surface area contributed by atoms with Crippen LogP contribution < -0.4 is 11.5 Å². The molecule has 31 heavy (non-hydrogen) atoms. The molecule has 0 radical (unpaired) electrons. The number of nitrogens with zero attached hydrogens (tertiary/aromatic N) is 2. The Kier molecular flexibility index (Phi) is 8.03. The Labute approximate surface area is 194 Å². The number of anilines is 2. The van der Waals surface area contributed by atoms with Gasteiger partial charge in [0.15, 0.2) is 0 Å². The number of nitrogens with two attached hydrogens (primary N) is 2. The molecule has 0 atom stereocenters. The van der Waals surface area contributed by atoms with Crippen LogP contribution >= 0.6 is 22.6 Å². The summed E-state index contributed by atoms with van der Waals surface area (Å²) in [7, 11) is 4.53. The molecule has 0 bridgehead atoms. The Hall–Kier alpha value is -3.08. The molecule has 0 aliphatic rings. The second-order valence-corrected chi connectivity index (χ2v) is 7.99. The average molecular weight is 536 g/mol. The van der Waals surface area contributed by atoms with Gasteiger partial charge in [0, 0.05) is 33.8 Å². The average Bonchev–Trinajstić information content (AvgIpc) is 3.16. The molecule has 8 nitrogen and oxygen atoms in total. The summed E-state index contributed by atoms with van der Waals surface area (Å²) in [5.41, 5.74) is 17.1. The zero-order chi connectivity index (χ0) is 23.3. The van der Waals surface area contributed by atoms with Gasteiger partial charge in [0.05, 0.1) is 31.5 Å².